The summed E-state index contributed by atoms with van der Waals surface area (Å²) in [6, 6.07) is 14.5. The maximum Gasteiger partial charge on any atom is 0.273 e. The number of amides is 1. The van der Waals surface area contributed by atoms with Crippen molar-refractivity contribution in [2.24, 2.45) is 10.2 Å². The number of nitro groups is 1. The second-order valence-corrected chi connectivity index (χ2v) is 10.2. The van der Waals surface area contributed by atoms with Gasteiger partial charge in [-0.15, -0.1) is 10.2 Å². The highest BCUT2D eigenvalue weighted by molar-refractivity contribution is 8.13. The van der Waals surface area contributed by atoms with Crippen LogP contribution >= 0.6 is 10.7 Å². The van der Waals surface area contributed by atoms with Gasteiger partial charge in [-0.25, -0.2) is 8.42 Å². The van der Waals surface area contributed by atoms with Crippen LogP contribution < -0.4 is 15.0 Å². The number of nitro benzene ring substituents is 1. The average molecular weight is 546 g/mol. The standard InChI is InChI=1S/C24H24ClN5O6S/c1-4-29(5-2)17-9-11-20(27-28-21-12-10-18(30(32)33)15-23(21)36-3)22(14-17)26-24(31)16-7-6-8-19(13-16)37(25,34)35/h6-15H,4-5H2,1-3H3,(H,26,31). The number of carbonyl (C=O) groups is 1. The molecule has 0 atom stereocenters. The molecule has 0 aliphatic rings. The number of methoxy groups -OCH3 is 1. The number of halogens is 1. The van der Waals surface area contributed by atoms with Gasteiger partial charge < -0.3 is 15.0 Å². The Morgan fingerprint density at radius 2 is 1.73 bits per heavy atom. The molecule has 0 heterocycles. The second-order valence-electron chi connectivity index (χ2n) is 7.61. The quantitative estimate of drug-likeness (QED) is 0.141. The molecular formula is C24H24ClN5O6S. The van der Waals surface area contributed by atoms with E-state index in [9.17, 15) is 23.3 Å². The number of azo groups is 1. The number of nitrogens with one attached hydrogen (secondary N) is 1. The smallest absolute Gasteiger partial charge is 0.273 e. The van der Waals surface area contributed by atoms with E-state index in [0.29, 0.717) is 11.4 Å². The number of hydrogen-bond donors (Lipinski definition) is 1. The molecule has 0 aliphatic carbocycles. The lowest BCUT2D eigenvalue weighted by molar-refractivity contribution is -0.384. The van der Waals surface area contributed by atoms with Gasteiger partial charge in [-0.2, -0.15) is 0 Å². The van der Waals surface area contributed by atoms with Gasteiger partial charge >= 0.3 is 0 Å². The van der Waals surface area contributed by atoms with Crippen LogP contribution in [0.1, 0.15) is 24.2 Å². The van der Waals surface area contributed by atoms with Crippen molar-refractivity contribution >= 4 is 54.1 Å². The van der Waals surface area contributed by atoms with Crippen LogP contribution in [0.2, 0.25) is 0 Å². The minimum atomic E-state index is -4.02. The zero-order chi connectivity index (χ0) is 27.2. The predicted molar refractivity (Wildman–Crippen MR) is 141 cm³/mol. The Hall–Kier alpha value is -4.03. The predicted octanol–water partition coefficient (Wildman–Crippen LogP) is 6.04. The molecule has 37 heavy (non-hydrogen) atoms. The Labute approximate surface area is 218 Å². The molecule has 11 nitrogen and oxygen atoms in total. The van der Waals surface area contributed by atoms with E-state index in [-0.39, 0.29) is 27.6 Å². The van der Waals surface area contributed by atoms with Crippen LogP contribution in [0.4, 0.5) is 28.4 Å². The lowest BCUT2D eigenvalue weighted by Crippen LogP contribution is -2.22. The van der Waals surface area contributed by atoms with Gasteiger partial charge in [-0.05, 0) is 56.3 Å². The summed E-state index contributed by atoms with van der Waals surface area (Å²) in [4.78, 5) is 25.4. The third kappa shape index (κ3) is 6.80. The zero-order valence-electron chi connectivity index (χ0n) is 20.2. The van der Waals surface area contributed by atoms with E-state index in [2.05, 4.69) is 20.4 Å². The van der Waals surface area contributed by atoms with Crippen LogP contribution in [0, 0.1) is 10.1 Å². The van der Waals surface area contributed by atoms with Crippen molar-refractivity contribution in [2.75, 3.05) is 30.4 Å². The first-order valence-electron chi connectivity index (χ1n) is 11.1. The number of anilines is 2. The fraction of sp³-hybridized carbons (Fsp3) is 0.208. The third-order valence-corrected chi connectivity index (χ3v) is 6.73. The third-order valence-electron chi connectivity index (χ3n) is 5.37. The van der Waals surface area contributed by atoms with E-state index in [1.807, 2.05) is 19.9 Å². The molecule has 0 fully saturated rings. The molecule has 1 amide bonds. The molecule has 3 aromatic carbocycles. The molecule has 0 saturated heterocycles. The fourth-order valence-electron chi connectivity index (χ4n) is 3.45. The molecule has 0 bridgehead atoms. The van der Waals surface area contributed by atoms with Gasteiger partial charge in [0.05, 0.1) is 28.7 Å². The molecule has 0 radical (unpaired) electrons. The van der Waals surface area contributed by atoms with Gasteiger partial charge in [0.1, 0.15) is 11.4 Å². The molecule has 3 aromatic rings. The number of rotatable bonds is 10. The highest BCUT2D eigenvalue weighted by Crippen LogP contribution is 2.36. The van der Waals surface area contributed by atoms with Crippen LogP contribution in [0.5, 0.6) is 5.75 Å². The molecular weight excluding hydrogens is 522 g/mol. The number of benzene rings is 3. The molecule has 194 valence electrons. The lowest BCUT2D eigenvalue weighted by atomic mass is 10.2. The Bertz CT molecular complexity index is 1460. The highest BCUT2D eigenvalue weighted by Gasteiger charge is 2.16. The number of nitrogens with zero attached hydrogens (tertiary/aromatic N) is 4. The first-order valence-corrected chi connectivity index (χ1v) is 13.4. The number of carbonyl (C=O) groups excluding carboxylic acids is 1. The molecule has 0 aliphatic heterocycles. The average Bonchev–Trinajstić information content (AvgIpc) is 2.88. The Morgan fingerprint density at radius 1 is 1.05 bits per heavy atom. The summed E-state index contributed by atoms with van der Waals surface area (Å²) in [5, 5.41) is 22.2. The summed E-state index contributed by atoms with van der Waals surface area (Å²) in [6.07, 6.45) is 0. The molecule has 13 heteroatoms. The van der Waals surface area contributed by atoms with Crippen molar-refractivity contribution in [3.63, 3.8) is 0 Å². The van der Waals surface area contributed by atoms with Crippen molar-refractivity contribution in [3.8, 4) is 5.75 Å². The van der Waals surface area contributed by atoms with Crippen molar-refractivity contribution in [1.29, 1.82) is 0 Å². The Morgan fingerprint density at radius 3 is 2.35 bits per heavy atom. The van der Waals surface area contributed by atoms with Crippen LogP contribution in [0.25, 0.3) is 0 Å². The molecule has 1 N–H and O–H groups in total. The maximum atomic E-state index is 13.0. The van der Waals surface area contributed by atoms with Crippen molar-refractivity contribution in [2.45, 2.75) is 18.7 Å². The number of non-ortho nitro benzene ring substituents is 1. The molecule has 0 spiro atoms. The van der Waals surface area contributed by atoms with Crippen molar-refractivity contribution in [3.05, 3.63) is 76.3 Å². The monoisotopic (exact) mass is 545 g/mol. The van der Waals surface area contributed by atoms with Crippen LogP contribution in [0.3, 0.4) is 0 Å². The minimum Gasteiger partial charge on any atom is -0.494 e. The van der Waals surface area contributed by atoms with Gasteiger partial charge in [0, 0.05) is 41.1 Å². The van der Waals surface area contributed by atoms with E-state index in [1.54, 1.807) is 12.1 Å². The fourth-order valence-corrected chi connectivity index (χ4v) is 4.25. The number of hydrogen-bond acceptors (Lipinski definition) is 9. The first-order chi connectivity index (χ1) is 17.6. The molecule has 0 aromatic heterocycles. The number of ether oxygens (including phenoxy) is 1. The maximum absolute atomic E-state index is 13.0. The summed E-state index contributed by atoms with van der Waals surface area (Å²) < 4.78 is 28.6. The largest absolute Gasteiger partial charge is 0.494 e. The summed E-state index contributed by atoms with van der Waals surface area (Å²) in [5.41, 5.74) is 1.61. The van der Waals surface area contributed by atoms with E-state index < -0.39 is 19.9 Å². The van der Waals surface area contributed by atoms with Crippen molar-refractivity contribution < 1.29 is 22.9 Å². The topological polar surface area (TPSA) is 144 Å². The van der Waals surface area contributed by atoms with E-state index >= 15 is 0 Å². The minimum absolute atomic E-state index is 0.0786. The highest BCUT2D eigenvalue weighted by atomic mass is 35.7. The summed E-state index contributed by atoms with van der Waals surface area (Å²) in [6.45, 7) is 5.43. The van der Waals surface area contributed by atoms with Gasteiger partial charge in [-0.3, -0.25) is 14.9 Å². The molecule has 3 rings (SSSR count). The van der Waals surface area contributed by atoms with Gasteiger partial charge in [0.25, 0.3) is 20.6 Å². The normalized spacial score (nSPS) is 11.4. The second kappa shape index (κ2) is 11.8. The molecule has 0 saturated carbocycles. The summed E-state index contributed by atoms with van der Waals surface area (Å²) in [7, 11) is 2.76. The molecule has 0 unspecified atom stereocenters. The summed E-state index contributed by atoms with van der Waals surface area (Å²) >= 11 is 0. The Kier molecular flexibility index (Phi) is 8.79. The van der Waals surface area contributed by atoms with E-state index in [0.717, 1.165) is 18.8 Å². The van der Waals surface area contributed by atoms with Gasteiger partial charge in [-0.1, -0.05) is 6.07 Å². The summed E-state index contributed by atoms with van der Waals surface area (Å²) in [5.74, 6) is -0.425. The van der Waals surface area contributed by atoms with E-state index in [1.165, 1.54) is 49.6 Å². The van der Waals surface area contributed by atoms with Crippen molar-refractivity contribution in [1.82, 2.24) is 0 Å². The Balaban J connectivity index is 2.02. The first kappa shape index (κ1) is 27.6. The van der Waals surface area contributed by atoms with Crippen LogP contribution in [-0.4, -0.2) is 39.4 Å². The van der Waals surface area contributed by atoms with Crippen LogP contribution in [-0.2, 0) is 9.05 Å². The van der Waals surface area contributed by atoms with Crippen LogP contribution in [0.15, 0.2) is 75.8 Å². The lowest BCUT2D eigenvalue weighted by Gasteiger charge is -2.22. The SMILES string of the molecule is CCN(CC)c1ccc(N=Nc2ccc([N+](=O)[O-])cc2OC)c(NC(=O)c2cccc(S(=O)(=O)Cl)c2)c1. The van der Waals surface area contributed by atoms with Gasteiger partial charge in [0.2, 0.25) is 0 Å². The van der Waals surface area contributed by atoms with E-state index in [4.69, 9.17) is 15.4 Å². The van der Waals surface area contributed by atoms with Gasteiger partial charge in [0.15, 0.2) is 5.75 Å². The zero-order valence-corrected chi connectivity index (χ0v) is 21.8.